The van der Waals surface area contributed by atoms with E-state index in [2.05, 4.69) is 13.8 Å². The van der Waals surface area contributed by atoms with Crippen LogP contribution in [0.5, 0.6) is 0 Å². The normalized spacial score (nSPS) is 19.3. The minimum absolute atomic E-state index is 0.182. The second-order valence-electron chi connectivity index (χ2n) is 6.17. The first-order valence-corrected chi connectivity index (χ1v) is 7.34. The Bertz CT molecular complexity index is 298. The number of allylic oxidation sites excluding steroid dienone is 1. The van der Waals surface area contributed by atoms with E-state index in [-0.39, 0.29) is 5.91 Å². The zero-order chi connectivity index (χ0) is 13.7. The molecule has 0 aromatic carbocycles. The Morgan fingerprint density at radius 1 is 1.28 bits per heavy atom. The lowest BCUT2D eigenvalue weighted by atomic mass is 9.78. The summed E-state index contributed by atoms with van der Waals surface area (Å²) in [7, 11) is 3.68. The zero-order valence-corrected chi connectivity index (χ0v) is 12.7. The maximum atomic E-state index is 12.1. The lowest BCUT2D eigenvalue weighted by molar-refractivity contribution is -0.125. The predicted molar refractivity (Wildman–Crippen MR) is 77.4 cm³/mol. The van der Waals surface area contributed by atoms with Gasteiger partial charge in [0.15, 0.2) is 0 Å². The Morgan fingerprint density at radius 3 is 2.22 bits per heavy atom. The van der Waals surface area contributed by atoms with E-state index in [0.717, 1.165) is 17.9 Å². The van der Waals surface area contributed by atoms with E-state index in [1.807, 2.05) is 27.1 Å². The Hall–Kier alpha value is -0.790. The van der Waals surface area contributed by atoms with Crippen LogP contribution in [0.2, 0.25) is 0 Å². The second kappa shape index (κ2) is 6.96. The van der Waals surface area contributed by atoms with Crippen LogP contribution < -0.4 is 0 Å². The van der Waals surface area contributed by atoms with Crippen molar-refractivity contribution >= 4 is 5.91 Å². The molecule has 2 heteroatoms. The van der Waals surface area contributed by atoms with E-state index in [4.69, 9.17) is 0 Å². The van der Waals surface area contributed by atoms with E-state index in [9.17, 15) is 4.79 Å². The van der Waals surface area contributed by atoms with Crippen molar-refractivity contribution in [3.8, 4) is 0 Å². The Balaban J connectivity index is 2.72. The fraction of sp³-hybridized carbons (Fsp3) is 0.812. The van der Waals surface area contributed by atoms with Gasteiger partial charge in [-0.15, -0.1) is 0 Å². The molecule has 1 amide bonds. The number of likely N-dealkylation sites (N-methyl/N-ethyl adjacent to an activating group) is 1. The van der Waals surface area contributed by atoms with Gasteiger partial charge < -0.3 is 4.90 Å². The molecule has 1 atom stereocenters. The Labute approximate surface area is 112 Å². The SMILES string of the molecule is CC=C(CC(C(C)C)C1CCCC1)C(=O)N(C)C. The summed E-state index contributed by atoms with van der Waals surface area (Å²) in [5, 5.41) is 0. The van der Waals surface area contributed by atoms with Gasteiger partial charge in [0, 0.05) is 19.7 Å². The molecule has 0 bridgehead atoms. The summed E-state index contributed by atoms with van der Waals surface area (Å²) in [5.41, 5.74) is 0.991. The highest BCUT2D eigenvalue weighted by Crippen LogP contribution is 2.38. The van der Waals surface area contributed by atoms with Gasteiger partial charge in [0.05, 0.1) is 0 Å². The van der Waals surface area contributed by atoms with Crippen molar-refractivity contribution in [3.05, 3.63) is 11.6 Å². The van der Waals surface area contributed by atoms with Gasteiger partial charge in [0.25, 0.3) is 0 Å². The van der Waals surface area contributed by atoms with Crippen molar-refractivity contribution in [1.82, 2.24) is 4.90 Å². The summed E-state index contributed by atoms with van der Waals surface area (Å²) in [6.07, 6.45) is 8.43. The molecular weight excluding hydrogens is 222 g/mol. The molecule has 1 saturated carbocycles. The number of hydrogen-bond acceptors (Lipinski definition) is 1. The molecule has 0 heterocycles. The Kier molecular flexibility index (Phi) is 5.90. The molecule has 1 aliphatic rings. The molecular formula is C16H29NO. The van der Waals surface area contributed by atoms with E-state index in [0.29, 0.717) is 11.8 Å². The molecule has 0 radical (unpaired) electrons. The van der Waals surface area contributed by atoms with Crippen LogP contribution in [0.15, 0.2) is 11.6 Å². The number of rotatable bonds is 5. The van der Waals surface area contributed by atoms with E-state index in [1.54, 1.807) is 4.90 Å². The number of nitrogens with zero attached hydrogens (tertiary/aromatic N) is 1. The molecule has 2 nitrogen and oxygen atoms in total. The molecule has 1 rings (SSSR count). The van der Waals surface area contributed by atoms with E-state index < -0.39 is 0 Å². The Morgan fingerprint density at radius 2 is 1.83 bits per heavy atom. The highest BCUT2D eigenvalue weighted by Gasteiger charge is 2.29. The number of hydrogen-bond donors (Lipinski definition) is 0. The molecule has 1 fully saturated rings. The fourth-order valence-corrected chi connectivity index (χ4v) is 3.20. The molecule has 0 aromatic heterocycles. The molecule has 0 spiro atoms. The number of carbonyl (C=O) groups excluding carboxylic acids is 1. The van der Waals surface area contributed by atoms with Crippen LogP contribution in [0.25, 0.3) is 0 Å². The van der Waals surface area contributed by atoms with Gasteiger partial charge in [-0.25, -0.2) is 0 Å². The number of amides is 1. The van der Waals surface area contributed by atoms with Crippen molar-refractivity contribution in [2.24, 2.45) is 17.8 Å². The van der Waals surface area contributed by atoms with Gasteiger partial charge in [-0.3, -0.25) is 4.79 Å². The third kappa shape index (κ3) is 3.86. The largest absolute Gasteiger partial charge is 0.345 e. The average Bonchev–Trinajstić information content (AvgIpc) is 2.82. The molecule has 104 valence electrons. The van der Waals surface area contributed by atoms with Crippen LogP contribution in [0.3, 0.4) is 0 Å². The van der Waals surface area contributed by atoms with Gasteiger partial charge in [-0.2, -0.15) is 0 Å². The van der Waals surface area contributed by atoms with Crippen LogP contribution in [0, 0.1) is 17.8 Å². The highest BCUT2D eigenvalue weighted by molar-refractivity contribution is 5.92. The van der Waals surface area contributed by atoms with Gasteiger partial charge in [0.2, 0.25) is 5.91 Å². The molecule has 0 aliphatic heterocycles. The van der Waals surface area contributed by atoms with Gasteiger partial charge >= 0.3 is 0 Å². The molecule has 18 heavy (non-hydrogen) atoms. The van der Waals surface area contributed by atoms with E-state index >= 15 is 0 Å². The lowest BCUT2D eigenvalue weighted by Gasteiger charge is -2.28. The van der Waals surface area contributed by atoms with Gasteiger partial charge in [-0.1, -0.05) is 45.6 Å². The van der Waals surface area contributed by atoms with Crippen LogP contribution in [-0.4, -0.2) is 24.9 Å². The summed E-state index contributed by atoms with van der Waals surface area (Å²) < 4.78 is 0. The van der Waals surface area contributed by atoms with Crippen molar-refractivity contribution in [3.63, 3.8) is 0 Å². The topological polar surface area (TPSA) is 20.3 Å². The molecule has 0 saturated heterocycles. The van der Waals surface area contributed by atoms with Crippen molar-refractivity contribution in [2.75, 3.05) is 14.1 Å². The van der Waals surface area contributed by atoms with Gasteiger partial charge in [0.1, 0.15) is 0 Å². The van der Waals surface area contributed by atoms with Gasteiger partial charge in [-0.05, 0) is 31.1 Å². The maximum Gasteiger partial charge on any atom is 0.248 e. The monoisotopic (exact) mass is 251 g/mol. The summed E-state index contributed by atoms with van der Waals surface area (Å²) in [6, 6.07) is 0. The summed E-state index contributed by atoms with van der Waals surface area (Å²) in [5.74, 6) is 2.34. The lowest BCUT2D eigenvalue weighted by Crippen LogP contribution is -2.27. The minimum atomic E-state index is 0.182. The number of carbonyl (C=O) groups is 1. The third-order valence-electron chi connectivity index (χ3n) is 4.35. The fourth-order valence-electron chi connectivity index (χ4n) is 3.20. The summed E-state index contributed by atoms with van der Waals surface area (Å²) >= 11 is 0. The van der Waals surface area contributed by atoms with Crippen molar-refractivity contribution in [1.29, 1.82) is 0 Å². The molecule has 0 aromatic rings. The van der Waals surface area contributed by atoms with Crippen LogP contribution in [0.4, 0.5) is 0 Å². The predicted octanol–water partition coefficient (Wildman–Crippen LogP) is 3.87. The molecule has 0 N–H and O–H groups in total. The zero-order valence-electron chi connectivity index (χ0n) is 12.7. The quantitative estimate of drug-likeness (QED) is 0.679. The summed E-state index contributed by atoms with van der Waals surface area (Å²) in [6.45, 7) is 6.59. The van der Waals surface area contributed by atoms with E-state index in [1.165, 1.54) is 25.7 Å². The standard InChI is InChI=1S/C16H29NO/c1-6-13(16(18)17(4)5)11-15(12(2)3)14-9-7-8-10-14/h6,12,14-15H,7-11H2,1-5H3. The first kappa shape index (κ1) is 15.3. The third-order valence-corrected chi connectivity index (χ3v) is 4.35. The molecule has 1 unspecified atom stereocenters. The molecule has 1 aliphatic carbocycles. The van der Waals surface area contributed by atoms with Crippen molar-refractivity contribution < 1.29 is 4.79 Å². The second-order valence-corrected chi connectivity index (χ2v) is 6.17. The smallest absolute Gasteiger partial charge is 0.248 e. The maximum absolute atomic E-state index is 12.1. The van der Waals surface area contributed by atoms with Crippen molar-refractivity contribution in [2.45, 2.75) is 52.9 Å². The average molecular weight is 251 g/mol. The first-order valence-electron chi connectivity index (χ1n) is 7.34. The first-order chi connectivity index (χ1) is 8.47. The minimum Gasteiger partial charge on any atom is -0.345 e. The summed E-state index contributed by atoms with van der Waals surface area (Å²) in [4.78, 5) is 13.8. The highest BCUT2D eigenvalue weighted by atomic mass is 16.2. The van der Waals surface area contributed by atoms with Crippen LogP contribution in [0.1, 0.15) is 52.9 Å². The van der Waals surface area contributed by atoms with Crippen LogP contribution >= 0.6 is 0 Å². The van der Waals surface area contributed by atoms with Crippen LogP contribution in [-0.2, 0) is 4.79 Å².